The predicted molar refractivity (Wildman–Crippen MR) is 222 cm³/mol. The van der Waals surface area contributed by atoms with Crippen LogP contribution in [0.5, 0.6) is 0 Å². The summed E-state index contributed by atoms with van der Waals surface area (Å²) in [5.41, 5.74) is -2.37. The molecule has 2 unspecified atom stereocenters. The van der Waals surface area contributed by atoms with E-state index in [1.807, 2.05) is 6.92 Å². The molecule has 4 aliphatic heterocycles. The molecule has 0 aromatic carbocycles. The van der Waals surface area contributed by atoms with E-state index < -0.39 is 110 Å². The molecule has 4 saturated carbocycles. The Kier molecular flexibility index (Phi) is 14.4. The van der Waals surface area contributed by atoms with E-state index in [2.05, 4.69) is 20.8 Å². The molecule has 0 spiro atoms. The van der Waals surface area contributed by atoms with Crippen molar-refractivity contribution in [2.75, 3.05) is 26.9 Å². The van der Waals surface area contributed by atoms with Crippen LogP contribution in [0.25, 0.3) is 0 Å². The third-order valence-corrected chi connectivity index (χ3v) is 18.7. The zero-order valence-corrected chi connectivity index (χ0v) is 38.2. The molecule has 27 atom stereocenters. The minimum Gasteiger partial charge on any atom is -0.394 e. The van der Waals surface area contributed by atoms with Crippen molar-refractivity contribution in [3.63, 3.8) is 0 Å². The average molecular weight is 919 g/mol. The summed E-state index contributed by atoms with van der Waals surface area (Å²) in [4.78, 5) is 0. The highest BCUT2D eigenvalue weighted by molar-refractivity contribution is 5.16. The highest BCUT2D eigenvalue weighted by atomic mass is 16.7. The minimum absolute atomic E-state index is 0.0305. The van der Waals surface area contributed by atoms with Crippen LogP contribution in [0.1, 0.15) is 98.8 Å². The fourth-order valence-corrected chi connectivity index (χ4v) is 14.9. The average Bonchev–Trinajstić information content (AvgIpc) is 3.74. The zero-order chi connectivity index (χ0) is 46.4. The predicted octanol–water partition coefficient (Wildman–Crippen LogP) is -0.709. The second kappa shape index (κ2) is 18.6. The van der Waals surface area contributed by atoms with Crippen LogP contribution in [0.4, 0.5) is 0 Å². The SMILES string of the molecule is CO[C@]1(CCC(C)CO[C@@H]2O[C@H](CO)[C@@H](O)[C@H](O)[C@H]2O)O[C@H]2C[C@H]3[C@@H]4CC[C@H]5CC(O[C@@H]6O[C@H](CO)[C@](O)([C@@H]7O[C@@H](C)[C@H](O)[C@@H](O)[C@H]7O)[C@H](O)[C@H]6O)CC[C@]5(C)[C@H]4CC[C@]3(C)[C@H]2[C@@H]1C. The van der Waals surface area contributed by atoms with Gasteiger partial charge in [0.1, 0.15) is 67.1 Å². The molecule has 8 aliphatic rings. The van der Waals surface area contributed by atoms with Gasteiger partial charge in [0.25, 0.3) is 0 Å². The van der Waals surface area contributed by atoms with Gasteiger partial charge in [-0.05, 0) is 111 Å². The van der Waals surface area contributed by atoms with Gasteiger partial charge >= 0.3 is 0 Å². The molecule has 4 saturated heterocycles. The summed E-state index contributed by atoms with van der Waals surface area (Å²) in [6, 6.07) is 0. The molecule has 0 aromatic heterocycles. The van der Waals surface area contributed by atoms with Gasteiger partial charge in [0.05, 0.1) is 38.1 Å². The number of hydrogen-bond donors (Lipinski definition) is 11. The van der Waals surface area contributed by atoms with Crippen molar-refractivity contribution < 1.29 is 89.3 Å². The lowest BCUT2D eigenvalue weighted by molar-refractivity contribution is -0.377. The molecule has 64 heavy (non-hydrogen) atoms. The van der Waals surface area contributed by atoms with Gasteiger partial charge in [0.2, 0.25) is 0 Å². The van der Waals surface area contributed by atoms with Crippen LogP contribution < -0.4 is 0 Å². The van der Waals surface area contributed by atoms with Crippen LogP contribution >= 0.6 is 0 Å². The summed E-state index contributed by atoms with van der Waals surface area (Å²) in [7, 11) is 1.73. The summed E-state index contributed by atoms with van der Waals surface area (Å²) < 4.78 is 42.7. The second-order valence-corrected chi connectivity index (χ2v) is 21.9. The third kappa shape index (κ3) is 7.96. The molecule has 8 fully saturated rings. The Balaban J connectivity index is 0.866. The van der Waals surface area contributed by atoms with Crippen LogP contribution in [0, 0.1) is 52.3 Å². The van der Waals surface area contributed by atoms with Gasteiger partial charge in [0.15, 0.2) is 24.0 Å². The van der Waals surface area contributed by atoms with E-state index in [4.69, 9.17) is 33.2 Å². The van der Waals surface area contributed by atoms with E-state index in [1.54, 1.807) is 7.11 Å². The summed E-state index contributed by atoms with van der Waals surface area (Å²) in [6.07, 6.45) is -12.2. The van der Waals surface area contributed by atoms with Crippen LogP contribution in [0.15, 0.2) is 0 Å². The Bertz CT molecular complexity index is 1590. The Hall–Kier alpha value is -0.720. The molecule has 4 aliphatic carbocycles. The topological polar surface area (TPSA) is 287 Å². The summed E-state index contributed by atoms with van der Waals surface area (Å²) in [5, 5.41) is 116. The molecule has 11 N–H and O–H groups in total. The lowest BCUT2D eigenvalue weighted by atomic mass is 9.44. The van der Waals surface area contributed by atoms with Crippen LogP contribution in [0.2, 0.25) is 0 Å². The fraction of sp³-hybridized carbons (Fsp3) is 1.00. The molecular weight excluding hydrogens is 840 g/mol. The number of methoxy groups -OCH3 is 1. The van der Waals surface area contributed by atoms with Gasteiger partial charge in [-0.2, -0.15) is 0 Å². The largest absolute Gasteiger partial charge is 0.394 e. The Morgan fingerprint density at radius 2 is 1.42 bits per heavy atom. The number of rotatable bonds is 12. The van der Waals surface area contributed by atoms with Crippen molar-refractivity contribution in [2.24, 2.45) is 52.3 Å². The number of aliphatic hydroxyl groups is 11. The van der Waals surface area contributed by atoms with Crippen molar-refractivity contribution >= 4 is 0 Å². The Labute approximate surface area is 376 Å². The zero-order valence-electron chi connectivity index (χ0n) is 38.2. The smallest absolute Gasteiger partial charge is 0.186 e. The van der Waals surface area contributed by atoms with Gasteiger partial charge in [0, 0.05) is 19.4 Å². The maximum Gasteiger partial charge on any atom is 0.186 e. The Morgan fingerprint density at radius 3 is 2.11 bits per heavy atom. The van der Waals surface area contributed by atoms with Gasteiger partial charge in [-0.25, -0.2) is 0 Å². The van der Waals surface area contributed by atoms with Crippen molar-refractivity contribution in [1.29, 1.82) is 0 Å². The summed E-state index contributed by atoms with van der Waals surface area (Å²) >= 11 is 0. The van der Waals surface area contributed by atoms with Crippen LogP contribution in [0.3, 0.4) is 0 Å². The molecule has 8 rings (SSSR count). The molecule has 370 valence electrons. The number of ether oxygens (including phenoxy) is 7. The quantitative estimate of drug-likeness (QED) is 0.108. The molecular formula is C46H78O18. The lowest BCUT2D eigenvalue weighted by Crippen LogP contribution is -2.77. The number of fused-ring (bicyclic) bond motifs is 7. The maximum absolute atomic E-state index is 11.8. The molecule has 0 amide bonds. The first-order valence-electron chi connectivity index (χ1n) is 24.1. The van der Waals surface area contributed by atoms with Crippen LogP contribution in [-0.4, -0.2) is 193 Å². The minimum atomic E-state index is -2.54. The van der Waals surface area contributed by atoms with E-state index >= 15 is 0 Å². The fourth-order valence-electron chi connectivity index (χ4n) is 14.9. The van der Waals surface area contributed by atoms with Gasteiger partial charge in [-0.3, -0.25) is 0 Å². The van der Waals surface area contributed by atoms with Crippen molar-refractivity contribution in [3.05, 3.63) is 0 Å². The van der Waals surface area contributed by atoms with Gasteiger partial charge in [-0.15, -0.1) is 0 Å². The van der Waals surface area contributed by atoms with Crippen molar-refractivity contribution in [1.82, 2.24) is 0 Å². The lowest BCUT2D eigenvalue weighted by Gasteiger charge is -2.61. The van der Waals surface area contributed by atoms with Gasteiger partial charge < -0.3 is 89.3 Å². The summed E-state index contributed by atoms with van der Waals surface area (Å²) in [5.74, 6) is 1.71. The molecule has 18 heteroatoms. The van der Waals surface area contributed by atoms with Crippen molar-refractivity contribution in [2.45, 2.75) is 208 Å². The monoisotopic (exact) mass is 919 g/mol. The van der Waals surface area contributed by atoms with E-state index in [0.717, 1.165) is 51.4 Å². The molecule has 0 bridgehead atoms. The van der Waals surface area contributed by atoms with E-state index in [9.17, 15) is 56.2 Å². The standard InChI is InChI=1S/C46H78O18/c1-20(19-59-41-37(54)35(52)33(50)29(17-47)62-41)9-14-45(58-6)21(2)31-28(64-45)16-27-25-8-7-23-15-24(10-12-43(23,4)26(25)11-13-44(27,31)5)61-42-38(55)39(56)46(57,30(18-48)63-42)40-36(53)34(51)32(49)22(3)60-40/h20-42,47-57H,7-19H2,1-6H3/t20?,21-,22-,23-,24?,25+,26-,27-,28-,29+,30+,31-,32-,33+,34+,35-,36+,37+,38+,39+,40+,41+,42+,43-,44-,45+,46+/m0/s1. The van der Waals surface area contributed by atoms with E-state index in [-0.39, 0.29) is 41.5 Å². The first kappa shape index (κ1) is 49.7. The van der Waals surface area contributed by atoms with E-state index in [0.29, 0.717) is 42.4 Å². The number of aliphatic hydroxyl groups excluding tert-OH is 10. The molecule has 0 radical (unpaired) electrons. The maximum atomic E-state index is 11.8. The van der Waals surface area contributed by atoms with E-state index in [1.165, 1.54) is 6.92 Å². The normalized spacial score (nSPS) is 56.8. The van der Waals surface area contributed by atoms with Gasteiger partial charge in [-0.1, -0.05) is 27.7 Å². The van der Waals surface area contributed by atoms with Crippen molar-refractivity contribution in [3.8, 4) is 0 Å². The first-order chi connectivity index (χ1) is 30.2. The summed E-state index contributed by atoms with van der Waals surface area (Å²) in [6.45, 7) is 9.59. The molecule has 0 aromatic rings. The van der Waals surface area contributed by atoms with Crippen LogP contribution in [-0.2, 0) is 33.2 Å². The highest BCUT2D eigenvalue weighted by Gasteiger charge is 2.69. The Morgan fingerprint density at radius 1 is 0.719 bits per heavy atom. The number of hydrogen-bond acceptors (Lipinski definition) is 18. The second-order valence-electron chi connectivity index (χ2n) is 21.9. The molecule has 4 heterocycles. The highest BCUT2D eigenvalue weighted by Crippen LogP contribution is 2.71. The molecule has 18 nitrogen and oxygen atoms in total. The first-order valence-corrected chi connectivity index (χ1v) is 24.1. The third-order valence-electron chi connectivity index (χ3n) is 18.7.